The minimum absolute atomic E-state index is 0.0900. The van der Waals surface area contributed by atoms with Crippen LogP contribution < -0.4 is 14.2 Å². The number of aliphatic hydroxyl groups excluding tert-OH is 2. The Hall–Kier alpha value is -17.3. The molecule has 27 N–H and O–H groups in total. The topological polar surface area (TPSA) is 820 Å². The van der Waals surface area contributed by atoms with Crippen molar-refractivity contribution in [1.29, 1.82) is 0 Å². The zero-order valence-electron chi connectivity index (χ0n) is 60.6. The number of aromatic hydroxyl groups is 24. The van der Waals surface area contributed by atoms with E-state index in [1.807, 2.05) is 0 Å². The Labute approximate surface area is 680 Å². The molecule has 49 nitrogen and oxygen atoms in total. The van der Waals surface area contributed by atoms with Gasteiger partial charge in [0.15, 0.2) is 164 Å². The lowest BCUT2D eigenvalue weighted by molar-refractivity contribution is -0.284. The fourth-order valence-electron chi connectivity index (χ4n) is 13.3. The molecule has 6 aliphatic rings. The van der Waals surface area contributed by atoms with Crippen LogP contribution in [0.3, 0.4) is 0 Å². The molecule has 2 fully saturated rings. The van der Waals surface area contributed by atoms with Crippen molar-refractivity contribution in [2.45, 2.75) is 61.4 Å². The van der Waals surface area contributed by atoms with Gasteiger partial charge < -0.3 is 199 Å². The average Bonchev–Trinajstić information content (AvgIpc) is 1.25. The molecule has 9 aromatic carbocycles. The molecule has 0 unspecified atom stereocenters. The third-order valence-corrected chi connectivity index (χ3v) is 19.3. The van der Waals surface area contributed by atoms with Gasteiger partial charge in [0.2, 0.25) is 57.5 Å². The number of hydrogen-bond donors (Lipinski definition) is 27. The molecular formula is C75H52O49. The van der Waals surface area contributed by atoms with Gasteiger partial charge >= 0.3 is 53.7 Å². The summed E-state index contributed by atoms with van der Waals surface area (Å²) >= 11 is 0. The van der Waals surface area contributed by atoms with Gasteiger partial charge in [-0.15, -0.1) is 0 Å². The first-order chi connectivity index (χ1) is 58.4. The number of rotatable bonds is 7. The van der Waals surface area contributed by atoms with Gasteiger partial charge in [0.1, 0.15) is 42.1 Å². The van der Waals surface area contributed by atoms with E-state index < -0.39 is 373 Å². The van der Waals surface area contributed by atoms with Crippen LogP contribution in [0, 0.1) is 0 Å². The van der Waals surface area contributed by atoms with E-state index in [1.165, 1.54) is 0 Å². The molecule has 9 bridgehead atoms. The van der Waals surface area contributed by atoms with Gasteiger partial charge in [-0.1, -0.05) is 0 Å². The molecule has 9 aromatic rings. The maximum atomic E-state index is 15.9. The first-order valence-corrected chi connectivity index (χ1v) is 34.3. The number of phenols is 24. The van der Waals surface area contributed by atoms with E-state index in [9.17, 15) is 157 Å². The number of carbonyl (C=O) groups excluding carboxylic acids is 8. The van der Waals surface area contributed by atoms with E-state index in [4.69, 9.17) is 61.6 Å². The average molecular weight is 1740 g/mol. The molecule has 6 aliphatic heterocycles. The zero-order chi connectivity index (χ0) is 90.2. The SMILES string of the molecule is O=C(O[C@@H]1[C@H]2OC(=O)c3cc(O)c(O)c(O)c3Oc3cc4c(c(O)c3O)-c3c(cc(O)c(O)c3O)C(=O)O[C@H]3[C@H](OC(=O)c5cc(O)c(O)c(O)c5)[C@@H](OC(=O)c5cc(O)c(O)c(O)c5Oc5cc6c(c(O)c5O)-c5c(cc(Oc7c(C(=O)O)cc(O)c(O)c7O)c(O)c5O)C(=O)OC[C@@H](O[C@H]2O)[C@H]1OC6=O)[C@@H](O)O[C@@H]3COC4=O)c1cc(O)c(O)c(O)c1. The van der Waals surface area contributed by atoms with Gasteiger partial charge in [-0.25, -0.2) is 43.2 Å². The highest BCUT2D eigenvalue weighted by Gasteiger charge is 2.57. The summed E-state index contributed by atoms with van der Waals surface area (Å²) in [6.45, 7) is -3.18. The molecule has 0 spiro atoms. The number of ether oxygens (including phenoxy) is 13. The number of aromatic carboxylic acids is 1. The first-order valence-electron chi connectivity index (χ1n) is 34.3. The first kappa shape index (κ1) is 83.2. The lowest BCUT2D eigenvalue weighted by Crippen LogP contribution is -2.62. The minimum Gasteiger partial charge on any atom is -0.504 e. The number of esters is 8. The molecule has 0 amide bonds. The third-order valence-electron chi connectivity index (χ3n) is 19.3. The molecule has 2 saturated heterocycles. The smallest absolute Gasteiger partial charge is 0.342 e. The van der Waals surface area contributed by atoms with E-state index in [0.29, 0.717) is 24.3 Å². The normalized spacial score (nSPS) is 20.4. The lowest BCUT2D eigenvalue weighted by atomic mass is 9.91. The fraction of sp³-hybridized carbons (Fsp3) is 0.160. The number of benzene rings is 9. The molecular weight excluding hydrogens is 1680 g/mol. The number of cyclic esters (lactones) is 1. The summed E-state index contributed by atoms with van der Waals surface area (Å²) in [5.41, 5.74) is -18.3. The largest absolute Gasteiger partial charge is 0.504 e. The summed E-state index contributed by atoms with van der Waals surface area (Å²) in [6, 6.07) is 2.76. The number of aliphatic hydroxyl groups is 2. The second-order valence-corrected chi connectivity index (χ2v) is 26.8. The van der Waals surface area contributed by atoms with Crippen LogP contribution in [0.15, 0.2) is 66.7 Å². The Kier molecular flexibility index (Phi) is 20.5. The van der Waals surface area contributed by atoms with Crippen LogP contribution in [-0.4, -0.2) is 266 Å². The molecule has 15 rings (SSSR count). The molecule has 646 valence electrons. The van der Waals surface area contributed by atoms with Crippen LogP contribution in [0.1, 0.15) is 93.2 Å². The van der Waals surface area contributed by atoms with Gasteiger partial charge in [0.05, 0.1) is 33.4 Å². The minimum atomic E-state index is -3.04. The summed E-state index contributed by atoms with van der Waals surface area (Å²) in [6.07, 6.45) is -28.6. The monoisotopic (exact) mass is 1740 g/mol. The Morgan fingerprint density at radius 3 is 1.02 bits per heavy atom. The van der Waals surface area contributed by atoms with E-state index in [-0.39, 0.29) is 42.5 Å². The predicted molar refractivity (Wildman–Crippen MR) is 381 cm³/mol. The summed E-state index contributed by atoms with van der Waals surface area (Å²) in [5, 5.41) is 303. The molecule has 0 saturated carbocycles. The molecule has 124 heavy (non-hydrogen) atoms. The van der Waals surface area contributed by atoms with Crippen LogP contribution in [0.4, 0.5) is 0 Å². The van der Waals surface area contributed by atoms with Crippen LogP contribution in [-0.2, 0) is 47.4 Å². The van der Waals surface area contributed by atoms with Gasteiger partial charge in [-0.3, -0.25) is 0 Å². The van der Waals surface area contributed by atoms with E-state index in [1.54, 1.807) is 0 Å². The maximum absolute atomic E-state index is 15.9. The lowest BCUT2D eigenvalue weighted by Gasteiger charge is -2.42. The van der Waals surface area contributed by atoms with Gasteiger partial charge in [0, 0.05) is 58.7 Å². The van der Waals surface area contributed by atoms with Crippen molar-refractivity contribution >= 4 is 53.7 Å². The van der Waals surface area contributed by atoms with Crippen LogP contribution in [0.5, 0.6) is 172 Å². The highest BCUT2D eigenvalue weighted by Crippen LogP contribution is 2.60. The van der Waals surface area contributed by atoms with Crippen molar-refractivity contribution in [3.63, 3.8) is 0 Å². The van der Waals surface area contributed by atoms with Crippen molar-refractivity contribution < 1.29 is 243 Å². The molecule has 6 heterocycles. The Balaban J connectivity index is 1.03. The van der Waals surface area contributed by atoms with Gasteiger partial charge in [-0.2, -0.15) is 0 Å². The van der Waals surface area contributed by atoms with Crippen LogP contribution in [0.25, 0.3) is 22.3 Å². The Morgan fingerprint density at radius 2 is 0.621 bits per heavy atom. The summed E-state index contributed by atoms with van der Waals surface area (Å²) in [4.78, 5) is 133. The van der Waals surface area contributed by atoms with Crippen molar-refractivity contribution in [1.82, 2.24) is 0 Å². The number of carboxylic acids is 1. The quantitative estimate of drug-likeness (QED) is 0.0619. The number of fused-ring (bicyclic) bond motifs is 7. The maximum Gasteiger partial charge on any atom is 0.342 e. The standard InChI is InChI=1S/C75H52O49/c76-23-1-14(2-24(77)40(23)84)66(102)121-61-59-34-12-112-68(104)17-10-32(47(91)50(94)37(17)36-16(70(106)119-59)5-27(80)42(86)49(36)93)115-57-21(7-29(82)44(88)54(57)98)72(108)124-64-62(122-67(103)15-3-25(78)41(85)26(79)4-15)60-35(118-75(64)111)13-113-69(105)18-9-31(114-56-20(65(100)101)6-28(81)43(87)53(56)97)46(90)51(95)38(18)39-19(71(107)120-60)11-33(48(92)52(39)96)116-58-22(8-30(83)45(89)55(58)99)73(109)123-63(61)74(110)117-34/h1-11,34-35,59-64,74-99,110-111H,12-13H2,(H,100,101)/t34-,35-,59-,60-,61+,62+,63-,64-,74+,75-/m1/s1. The summed E-state index contributed by atoms with van der Waals surface area (Å²) in [5.74, 6) is -67.0. The van der Waals surface area contributed by atoms with E-state index in [2.05, 4.69) is 0 Å². The van der Waals surface area contributed by atoms with E-state index in [0.717, 1.165) is 0 Å². The number of carbonyl (C=O) groups is 9. The molecule has 0 aromatic heterocycles. The third kappa shape index (κ3) is 13.9. The predicted octanol–water partition coefficient (Wildman–Crippen LogP) is 3.07. The van der Waals surface area contributed by atoms with Crippen molar-refractivity contribution in [2.75, 3.05) is 13.2 Å². The molecule has 0 aliphatic carbocycles. The molecule has 49 heteroatoms. The summed E-state index contributed by atoms with van der Waals surface area (Å²) < 4.78 is 73.3. The van der Waals surface area contributed by atoms with Gasteiger partial charge in [-0.05, 0) is 30.3 Å². The van der Waals surface area contributed by atoms with Crippen LogP contribution >= 0.6 is 0 Å². The zero-order valence-corrected chi connectivity index (χ0v) is 60.6. The highest BCUT2D eigenvalue weighted by molar-refractivity contribution is 6.11. The Morgan fingerprint density at radius 1 is 0.315 bits per heavy atom. The number of carboxylic acid groups (broad SMARTS) is 1. The van der Waals surface area contributed by atoms with Crippen LogP contribution in [0.2, 0.25) is 0 Å². The molecule has 10 atom stereocenters. The van der Waals surface area contributed by atoms with Crippen molar-refractivity contribution in [3.05, 3.63) is 117 Å². The second-order valence-electron chi connectivity index (χ2n) is 26.8. The Bertz CT molecular complexity index is 6160. The van der Waals surface area contributed by atoms with Crippen molar-refractivity contribution in [2.24, 2.45) is 0 Å². The van der Waals surface area contributed by atoms with Gasteiger partial charge in [0.25, 0.3) is 0 Å². The molecule has 0 radical (unpaired) electrons. The highest BCUT2D eigenvalue weighted by atomic mass is 16.7. The number of phenolic OH excluding ortho intramolecular Hbond substituents is 24. The van der Waals surface area contributed by atoms with E-state index >= 15 is 24.0 Å². The van der Waals surface area contributed by atoms with Crippen molar-refractivity contribution in [3.8, 4) is 195 Å². The fourth-order valence-corrected chi connectivity index (χ4v) is 13.3. The number of hydrogen-bond acceptors (Lipinski definition) is 48. The second kappa shape index (κ2) is 30.5. The summed E-state index contributed by atoms with van der Waals surface area (Å²) in [7, 11) is 0.